The zero-order valence-corrected chi connectivity index (χ0v) is 12.3. The molecule has 0 radical (unpaired) electrons. The maximum Gasteiger partial charge on any atom is 0.238 e. The van der Waals surface area contributed by atoms with Crippen LogP contribution < -0.4 is 10.6 Å². The summed E-state index contributed by atoms with van der Waals surface area (Å²) >= 11 is 0. The second kappa shape index (κ2) is 5.53. The van der Waals surface area contributed by atoms with Crippen LogP contribution >= 0.6 is 0 Å². The highest BCUT2D eigenvalue weighted by atomic mass is 16.1. The number of hydrogen-bond donors (Lipinski definition) is 2. The number of likely N-dealkylation sites (N-methyl/N-ethyl adjacent to an activating group) is 1. The Morgan fingerprint density at radius 2 is 1.67 bits per heavy atom. The molecule has 0 aliphatic heterocycles. The zero-order valence-electron chi connectivity index (χ0n) is 12.3. The molecule has 3 heteroatoms. The second-order valence-corrected chi connectivity index (χ2v) is 5.81. The molecule has 0 fully saturated rings. The molecule has 0 heterocycles. The Bertz CT molecular complexity index is 421. The molecular weight excluding hydrogens is 224 g/mol. The van der Waals surface area contributed by atoms with Crippen LogP contribution in [0.5, 0.6) is 0 Å². The van der Waals surface area contributed by atoms with Crippen LogP contribution in [0.4, 0.5) is 5.69 Å². The maximum absolute atomic E-state index is 11.6. The number of amides is 1. The molecule has 1 rings (SSSR count). The van der Waals surface area contributed by atoms with Crippen molar-refractivity contribution in [2.75, 3.05) is 18.9 Å². The Morgan fingerprint density at radius 3 is 2.06 bits per heavy atom. The van der Waals surface area contributed by atoms with E-state index in [-0.39, 0.29) is 11.3 Å². The number of carbonyl (C=O) groups is 1. The van der Waals surface area contributed by atoms with Crippen LogP contribution in [-0.4, -0.2) is 19.5 Å². The molecular formula is C15H24N2O. The van der Waals surface area contributed by atoms with E-state index >= 15 is 0 Å². The average Bonchev–Trinajstić information content (AvgIpc) is 2.22. The van der Waals surface area contributed by atoms with Crippen LogP contribution in [0.15, 0.2) is 12.1 Å². The lowest BCUT2D eigenvalue weighted by atomic mass is 9.85. The smallest absolute Gasteiger partial charge is 0.238 e. The summed E-state index contributed by atoms with van der Waals surface area (Å²) < 4.78 is 0. The molecule has 1 aromatic carbocycles. The normalized spacial score (nSPS) is 11.4. The minimum absolute atomic E-state index is 0.00721. The Hall–Kier alpha value is -1.35. The van der Waals surface area contributed by atoms with Crippen molar-refractivity contribution in [3.63, 3.8) is 0 Å². The van der Waals surface area contributed by atoms with Crippen LogP contribution in [0.3, 0.4) is 0 Å². The largest absolute Gasteiger partial charge is 0.324 e. The summed E-state index contributed by atoms with van der Waals surface area (Å²) in [7, 11) is 1.77. The lowest BCUT2D eigenvalue weighted by Gasteiger charge is -2.22. The lowest BCUT2D eigenvalue weighted by Crippen LogP contribution is -2.26. The first kappa shape index (κ1) is 14.7. The summed E-state index contributed by atoms with van der Waals surface area (Å²) in [6, 6.07) is 4.31. The van der Waals surface area contributed by atoms with E-state index in [4.69, 9.17) is 0 Å². The van der Waals surface area contributed by atoms with E-state index in [0.29, 0.717) is 6.54 Å². The summed E-state index contributed by atoms with van der Waals surface area (Å²) in [5.41, 5.74) is 4.59. The second-order valence-electron chi connectivity index (χ2n) is 5.81. The van der Waals surface area contributed by atoms with Gasteiger partial charge in [-0.05, 0) is 43.0 Å². The van der Waals surface area contributed by atoms with E-state index in [1.54, 1.807) is 7.05 Å². The van der Waals surface area contributed by atoms with Gasteiger partial charge in [-0.25, -0.2) is 0 Å². The molecule has 3 nitrogen and oxygen atoms in total. The minimum atomic E-state index is -0.00721. The van der Waals surface area contributed by atoms with E-state index < -0.39 is 0 Å². The summed E-state index contributed by atoms with van der Waals surface area (Å²) in [6.45, 7) is 11.0. The van der Waals surface area contributed by atoms with Crippen molar-refractivity contribution in [2.24, 2.45) is 0 Å². The Morgan fingerprint density at radius 1 is 1.17 bits per heavy atom. The average molecular weight is 248 g/mol. The Kier molecular flexibility index (Phi) is 4.52. The fourth-order valence-corrected chi connectivity index (χ4v) is 1.94. The molecule has 1 aromatic rings. The van der Waals surface area contributed by atoms with Crippen molar-refractivity contribution >= 4 is 11.6 Å². The number of hydrogen-bond acceptors (Lipinski definition) is 2. The summed E-state index contributed by atoms with van der Waals surface area (Å²) in [5.74, 6) is -0.00721. The number of carbonyl (C=O) groups excluding carboxylic acids is 1. The van der Waals surface area contributed by atoms with Gasteiger partial charge in [0, 0.05) is 5.69 Å². The highest BCUT2D eigenvalue weighted by Gasteiger charge is 2.16. The minimum Gasteiger partial charge on any atom is -0.324 e. The quantitative estimate of drug-likeness (QED) is 0.863. The van der Waals surface area contributed by atoms with E-state index in [2.05, 4.69) is 43.5 Å². The lowest BCUT2D eigenvalue weighted by molar-refractivity contribution is -0.115. The van der Waals surface area contributed by atoms with Crippen LogP contribution in [0.1, 0.15) is 37.5 Å². The van der Waals surface area contributed by atoms with Crippen LogP contribution in [0.25, 0.3) is 0 Å². The predicted molar refractivity (Wildman–Crippen MR) is 77.2 cm³/mol. The molecule has 0 aromatic heterocycles. The van der Waals surface area contributed by atoms with Crippen molar-refractivity contribution in [1.29, 1.82) is 0 Å². The molecule has 18 heavy (non-hydrogen) atoms. The molecule has 100 valence electrons. The standard InChI is InChI=1S/C15H24N2O/c1-10-7-12(15(3,4)5)8-11(2)14(10)17-13(18)9-16-6/h7-8,16H,9H2,1-6H3,(H,17,18). The number of benzene rings is 1. The third kappa shape index (κ3) is 3.57. The number of aryl methyl sites for hydroxylation is 2. The predicted octanol–water partition coefficient (Wildman–Crippen LogP) is 2.76. The van der Waals surface area contributed by atoms with Crippen LogP contribution in [0.2, 0.25) is 0 Å². The first-order chi connectivity index (χ1) is 8.25. The number of nitrogens with one attached hydrogen (secondary N) is 2. The third-order valence-corrected chi connectivity index (χ3v) is 3.00. The molecule has 1 amide bonds. The van der Waals surface area contributed by atoms with Gasteiger partial charge in [0.25, 0.3) is 0 Å². The molecule has 0 atom stereocenters. The van der Waals surface area contributed by atoms with Gasteiger partial charge in [0.15, 0.2) is 0 Å². The Balaban J connectivity index is 3.06. The van der Waals surface area contributed by atoms with Crippen molar-refractivity contribution in [3.05, 3.63) is 28.8 Å². The molecule has 0 bridgehead atoms. The molecule has 0 saturated heterocycles. The monoisotopic (exact) mass is 248 g/mol. The first-order valence-corrected chi connectivity index (χ1v) is 6.32. The van der Waals surface area contributed by atoms with Gasteiger partial charge in [-0.2, -0.15) is 0 Å². The van der Waals surface area contributed by atoms with Crippen molar-refractivity contribution < 1.29 is 4.79 Å². The maximum atomic E-state index is 11.6. The van der Waals surface area contributed by atoms with Crippen molar-refractivity contribution in [1.82, 2.24) is 5.32 Å². The van der Waals surface area contributed by atoms with Crippen molar-refractivity contribution in [2.45, 2.75) is 40.0 Å². The molecule has 0 aliphatic rings. The zero-order chi connectivity index (χ0) is 13.9. The topological polar surface area (TPSA) is 41.1 Å². The summed E-state index contributed by atoms with van der Waals surface area (Å²) in [6.07, 6.45) is 0. The van der Waals surface area contributed by atoms with Gasteiger partial charge in [0.2, 0.25) is 5.91 Å². The molecule has 0 unspecified atom stereocenters. The molecule has 0 aliphatic carbocycles. The van der Waals surface area contributed by atoms with Gasteiger partial charge >= 0.3 is 0 Å². The first-order valence-electron chi connectivity index (χ1n) is 6.32. The van der Waals surface area contributed by atoms with Crippen LogP contribution in [-0.2, 0) is 10.2 Å². The van der Waals surface area contributed by atoms with Gasteiger partial charge in [-0.3, -0.25) is 4.79 Å². The fourth-order valence-electron chi connectivity index (χ4n) is 1.94. The van der Waals surface area contributed by atoms with Gasteiger partial charge in [-0.1, -0.05) is 32.9 Å². The highest BCUT2D eigenvalue weighted by Crippen LogP contribution is 2.29. The third-order valence-electron chi connectivity index (χ3n) is 3.00. The van der Waals surface area contributed by atoms with E-state index in [0.717, 1.165) is 16.8 Å². The van der Waals surface area contributed by atoms with Gasteiger partial charge in [0.1, 0.15) is 0 Å². The van der Waals surface area contributed by atoms with Gasteiger partial charge < -0.3 is 10.6 Å². The van der Waals surface area contributed by atoms with Crippen LogP contribution in [0, 0.1) is 13.8 Å². The summed E-state index contributed by atoms with van der Waals surface area (Å²) in [4.78, 5) is 11.6. The van der Waals surface area contributed by atoms with E-state index in [1.807, 2.05) is 13.8 Å². The van der Waals surface area contributed by atoms with E-state index in [9.17, 15) is 4.79 Å². The summed E-state index contributed by atoms with van der Waals surface area (Å²) in [5, 5.41) is 5.81. The highest BCUT2D eigenvalue weighted by molar-refractivity contribution is 5.93. The van der Waals surface area contributed by atoms with Gasteiger partial charge in [0.05, 0.1) is 6.54 Å². The van der Waals surface area contributed by atoms with Crippen molar-refractivity contribution in [3.8, 4) is 0 Å². The Labute approximate surface area is 110 Å². The fraction of sp³-hybridized carbons (Fsp3) is 0.533. The number of anilines is 1. The molecule has 0 saturated carbocycles. The molecule has 0 spiro atoms. The number of rotatable bonds is 3. The van der Waals surface area contributed by atoms with Gasteiger partial charge in [-0.15, -0.1) is 0 Å². The SMILES string of the molecule is CNCC(=O)Nc1c(C)cc(C(C)(C)C)cc1C. The van der Waals surface area contributed by atoms with E-state index in [1.165, 1.54) is 5.56 Å². The molecule has 2 N–H and O–H groups in total.